The molecule has 2 aromatic rings. The van der Waals surface area contributed by atoms with Crippen molar-refractivity contribution in [2.45, 2.75) is 58.8 Å². The summed E-state index contributed by atoms with van der Waals surface area (Å²) in [5.41, 5.74) is 1.93. The number of guanidine groups is 1. The molecule has 0 radical (unpaired) electrons. The van der Waals surface area contributed by atoms with E-state index >= 15 is 0 Å². The molecule has 3 N–H and O–H groups in total. The quantitative estimate of drug-likeness (QED) is 0.409. The molecule has 0 saturated carbocycles. The van der Waals surface area contributed by atoms with Gasteiger partial charge in [-0.15, -0.1) is 0 Å². The molecule has 32 heavy (non-hydrogen) atoms. The maximum atomic E-state index is 10.6. The number of aliphatic hydroxyl groups excluding tert-OH is 1. The minimum absolute atomic E-state index is 0.0941. The first-order chi connectivity index (χ1) is 15.5. The molecule has 0 spiro atoms. The van der Waals surface area contributed by atoms with Gasteiger partial charge in [-0.25, -0.2) is 9.98 Å². The molecule has 1 atom stereocenters. The first-order valence-electron chi connectivity index (χ1n) is 11.7. The molecule has 1 aliphatic heterocycles. The number of nitrogens with one attached hydrogen (secondary N) is 2. The van der Waals surface area contributed by atoms with Crippen LogP contribution in [0, 0.1) is 0 Å². The predicted octanol–water partition coefficient (Wildman–Crippen LogP) is 3.65. The Morgan fingerprint density at radius 1 is 1.16 bits per heavy atom. The summed E-state index contributed by atoms with van der Waals surface area (Å²) in [6.07, 6.45) is 5.06. The van der Waals surface area contributed by atoms with Crippen LogP contribution in [0.3, 0.4) is 0 Å². The Morgan fingerprint density at radius 3 is 2.72 bits per heavy atom. The molecule has 2 heterocycles. The molecule has 3 rings (SSSR count). The van der Waals surface area contributed by atoms with Crippen LogP contribution < -0.4 is 20.3 Å². The average molecular weight is 440 g/mol. The Hall–Kier alpha value is -2.80. The van der Waals surface area contributed by atoms with E-state index in [2.05, 4.69) is 26.6 Å². The molecular formula is C25H37N5O2. The van der Waals surface area contributed by atoms with Gasteiger partial charge in [0.25, 0.3) is 0 Å². The van der Waals surface area contributed by atoms with E-state index in [1.54, 1.807) is 0 Å². The third kappa shape index (κ3) is 7.41. The molecule has 174 valence electrons. The number of anilines is 1. The summed E-state index contributed by atoms with van der Waals surface area (Å²) in [4.78, 5) is 11.6. The zero-order valence-electron chi connectivity index (χ0n) is 19.6. The zero-order valence-corrected chi connectivity index (χ0v) is 19.6. The highest BCUT2D eigenvalue weighted by atomic mass is 16.5. The highest BCUT2D eigenvalue weighted by molar-refractivity contribution is 5.79. The van der Waals surface area contributed by atoms with Gasteiger partial charge in [-0.3, -0.25) is 0 Å². The van der Waals surface area contributed by atoms with Gasteiger partial charge in [-0.1, -0.05) is 12.1 Å². The van der Waals surface area contributed by atoms with Gasteiger partial charge in [0.15, 0.2) is 5.96 Å². The van der Waals surface area contributed by atoms with E-state index in [1.165, 1.54) is 19.3 Å². The standard InChI is InChI=1S/C25H37N5O2/c1-4-26-25(29-18-23(31)21-9-8-10-22(16-21)32-19(2)3)28-17-20-11-12-27-24(15-20)30-13-6-5-7-14-30/h8-12,15-16,19,23,31H,4-7,13-14,17-18H2,1-3H3,(H2,26,28,29). The number of aromatic nitrogens is 1. The lowest BCUT2D eigenvalue weighted by Crippen LogP contribution is -2.39. The molecule has 7 nitrogen and oxygen atoms in total. The second-order valence-electron chi connectivity index (χ2n) is 8.40. The number of rotatable bonds is 9. The van der Waals surface area contributed by atoms with E-state index in [0.29, 0.717) is 19.0 Å². The zero-order chi connectivity index (χ0) is 22.8. The summed E-state index contributed by atoms with van der Waals surface area (Å²) in [6.45, 7) is 9.80. The largest absolute Gasteiger partial charge is 0.491 e. The monoisotopic (exact) mass is 439 g/mol. The Morgan fingerprint density at radius 2 is 1.97 bits per heavy atom. The van der Waals surface area contributed by atoms with Gasteiger partial charge in [0, 0.05) is 32.4 Å². The van der Waals surface area contributed by atoms with Crippen LogP contribution in [0.4, 0.5) is 5.82 Å². The lowest BCUT2D eigenvalue weighted by Gasteiger charge is -2.27. The van der Waals surface area contributed by atoms with E-state index in [1.807, 2.05) is 57.3 Å². The number of piperidine rings is 1. The molecule has 0 bridgehead atoms. The van der Waals surface area contributed by atoms with Crippen molar-refractivity contribution < 1.29 is 9.84 Å². The smallest absolute Gasteiger partial charge is 0.191 e. The lowest BCUT2D eigenvalue weighted by atomic mass is 10.1. The van der Waals surface area contributed by atoms with Crippen molar-refractivity contribution in [2.75, 3.05) is 31.1 Å². The van der Waals surface area contributed by atoms with Gasteiger partial charge < -0.3 is 25.4 Å². The molecule has 1 aromatic carbocycles. The maximum absolute atomic E-state index is 10.6. The van der Waals surface area contributed by atoms with Crippen molar-refractivity contribution in [1.82, 2.24) is 15.6 Å². The minimum atomic E-state index is -0.666. The normalized spacial score (nSPS) is 15.5. The maximum Gasteiger partial charge on any atom is 0.191 e. The first kappa shape index (κ1) is 23.9. The van der Waals surface area contributed by atoms with E-state index in [-0.39, 0.29) is 6.10 Å². The summed E-state index contributed by atoms with van der Waals surface area (Å²) in [6, 6.07) is 11.7. The molecule has 0 amide bonds. The third-order valence-electron chi connectivity index (χ3n) is 5.33. The SMILES string of the molecule is CCNC(=NCc1ccnc(N2CCCCC2)c1)NCC(O)c1cccc(OC(C)C)c1. The van der Waals surface area contributed by atoms with Gasteiger partial charge in [-0.05, 0) is 75.4 Å². The minimum Gasteiger partial charge on any atom is -0.491 e. The van der Waals surface area contributed by atoms with E-state index in [9.17, 15) is 5.11 Å². The Bertz CT molecular complexity index is 865. The Balaban J connectivity index is 1.59. The van der Waals surface area contributed by atoms with Crippen molar-refractivity contribution in [1.29, 1.82) is 0 Å². The fourth-order valence-corrected chi connectivity index (χ4v) is 3.75. The average Bonchev–Trinajstić information content (AvgIpc) is 2.81. The van der Waals surface area contributed by atoms with Crippen molar-refractivity contribution in [3.05, 3.63) is 53.7 Å². The second kappa shape index (κ2) is 12.3. The topological polar surface area (TPSA) is 82.0 Å². The van der Waals surface area contributed by atoms with Gasteiger partial charge in [0.1, 0.15) is 11.6 Å². The fraction of sp³-hybridized carbons (Fsp3) is 0.520. The highest BCUT2D eigenvalue weighted by Crippen LogP contribution is 2.20. The van der Waals surface area contributed by atoms with Crippen LogP contribution in [0.5, 0.6) is 5.75 Å². The third-order valence-corrected chi connectivity index (χ3v) is 5.33. The number of hydrogen-bond acceptors (Lipinski definition) is 5. The van der Waals surface area contributed by atoms with Crippen LogP contribution in [0.1, 0.15) is 57.3 Å². The highest BCUT2D eigenvalue weighted by Gasteiger charge is 2.13. The Labute approximate surface area is 191 Å². The van der Waals surface area contributed by atoms with Crippen LogP contribution in [-0.2, 0) is 6.54 Å². The molecule has 7 heteroatoms. The number of aliphatic hydroxyl groups is 1. The Kier molecular flexibility index (Phi) is 9.16. The molecule has 1 unspecified atom stereocenters. The van der Waals surface area contributed by atoms with Gasteiger partial charge in [0.2, 0.25) is 0 Å². The van der Waals surface area contributed by atoms with Crippen molar-refractivity contribution in [3.8, 4) is 5.75 Å². The van der Waals surface area contributed by atoms with Gasteiger partial charge in [0.05, 0.1) is 18.8 Å². The molecule has 1 saturated heterocycles. The van der Waals surface area contributed by atoms with Crippen LogP contribution in [0.25, 0.3) is 0 Å². The van der Waals surface area contributed by atoms with Gasteiger partial charge >= 0.3 is 0 Å². The van der Waals surface area contributed by atoms with E-state index < -0.39 is 6.10 Å². The molecular weight excluding hydrogens is 402 g/mol. The van der Waals surface area contributed by atoms with Crippen molar-refractivity contribution in [3.63, 3.8) is 0 Å². The van der Waals surface area contributed by atoms with Crippen LogP contribution in [0.15, 0.2) is 47.6 Å². The number of benzene rings is 1. The summed E-state index contributed by atoms with van der Waals surface area (Å²) in [5, 5.41) is 17.1. The van der Waals surface area contributed by atoms with Crippen LogP contribution in [-0.4, -0.2) is 48.3 Å². The van der Waals surface area contributed by atoms with E-state index in [0.717, 1.165) is 42.3 Å². The number of pyridine rings is 1. The number of ether oxygens (including phenoxy) is 1. The lowest BCUT2D eigenvalue weighted by molar-refractivity contribution is 0.179. The molecule has 1 fully saturated rings. The molecule has 1 aromatic heterocycles. The molecule has 1 aliphatic rings. The van der Waals surface area contributed by atoms with Crippen molar-refractivity contribution in [2.24, 2.45) is 4.99 Å². The second-order valence-corrected chi connectivity index (χ2v) is 8.40. The van der Waals surface area contributed by atoms with Crippen molar-refractivity contribution >= 4 is 11.8 Å². The predicted molar refractivity (Wildman–Crippen MR) is 130 cm³/mol. The first-order valence-corrected chi connectivity index (χ1v) is 11.7. The fourth-order valence-electron chi connectivity index (χ4n) is 3.75. The summed E-state index contributed by atoms with van der Waals surface area (Å²) < 4.78 is 5.73. The van der Waals surface area contributed by atoms with E-state index in [4.69, 9.17) is 9.73 Å². The van der Waals surface area contributed by atoms with Crippen LogP contribution >= 0.6 is 0 Å². The van der Waals surface area contributed by atoms with Crippen LogP contribution in [0.2, 0.25) is 0 Å². The number of nitrogens with zero attached hydrogens (tertiary/aromatic N) is 3. The summed E-state index contributed by atoms with van der Waals surface area (Å²) >= 11 is 0. The van der Waals surface area contributed by atoms with Gasteiger partial charge in [-0.2, -0.15) is 0 Å². The number of aliphatic imine (C=N–C) groups is 1. The summed E-state index contributed by atoms with van der Waals surface area (Å²) in [7, 11) is 0. The summed E-state index contributed by atoms with van der Waals surface area (Å²) in [5.74, 6) is 2.48. The number of hydrogen-bond donors (Lipinski definition) is 3. The molecule has 0 aliphatic carbocycles.